The Morgan fingerprint density at radius 1 is 0.333 bits per heavy atom. The topological polar surface area (TPSA) is 0 Å². The monoisotopic (exact) mass is 492 g/mol. The predicted molar refractivity (Wildman–Crippen MR) is 69.2 cm³/mol. The number of halogens is 7. The first-order valence-electron chi connectivity index (χ1n) is 0. The molecule has 0 atom stereocenters. The molecule has 0 fully saturated rings. The minimum absolute atomic E-state index is 0. The van der Waals surface area contributed by atoms with Crippen LogP contribution in [0, 0.1) is 0 Å². The molecule has 0 bridgehead atoms. The summed E-state index contributed by atoms with van der Waals surface area (Å²) in [6.07, 6.45) is 0. The molecule has 0 spiro atoms. The first-order chi connectivity index (χ1) is 0. The van der Waals surface area contributed by atoms with E-state index in [1.807, 2.05) is 0 Å². The van der Waals surface area contributed by atoms with Crippen molar-refractivity contribution in [3.63, 3.8) is 0 Å². The Hall–Kier alpha value is 3.70. The minimum atomic E-state index is 0. The van der Waals surface area contributed by atoms with Gasteiger partial charge >= 0.3 is 49.8 Å². The van der Waals surface area contributed by atoms with Gasteiger partial charge < -0.3 is 0 Å². The van der Waals surface area contributed by atoms with Gasteiger partial charge in [0, 0.05) is 0 Å². The summed E-state index contributed by atoms with van der Waals surface area (Å²) in [5.41, 5.74) is 0. The van der Waals surface area contributed by atoms with Crippen LogP contribution in [0.5, 0.6) is 0 Å². The second-order valence-electron chi connectivity index (χ2n) is 0. The molecule has 0 saturated heterocycles. The molecule has 0 aliphatic rings. The molecule has 0 saturated carbocycles. The summed E-state index contributed by atoms with van der Waals surface area (Å²) in [5, 5.41) is 0. The Kier molecular flexibility index (Phi) is 1380. The molecule has 0 heterocycles. The van der Waals surface area contributed by atoms with Crippen molar-refractivity contribution in [3.8, 4) is 0 Å². The van der Waals surface area contributed by atoms with Crippen LogP contribution in [-0.4, -0.2) is 49.8 Å². The van der Waals surface area contributed by atoms with Crippen LogP contribution in [0.25, 0.3) is 0 Å². The van der Waals surface area contributed by atoms with Gasteiger partial charge in [0.05, 0.1) is 0 Å². The van der Waals surface area contributed by atoms with Crippen LogP contribution < -0.4 is 0 Å². The summed E-state index contributed by atoms with van der Waals surface area (Å²) >= 11 is 0. The van der Waals surface area contributed by atoms with Gasteiger partial charge in [-0.2, -0.15) is 0 Å². The molecule has 0 nitrogen and oxygen atoms in total. The van der Waals surface area contributed by atoms with Crippen LogP contribution in [0.1, 0.15) is 0 Å². The third kappa shape index (κ3) is 80.4. The fourth-order valence-electron chi connectivity index (χ4n) is 0. The average molecular weight is 494 g/mol. The van der Waals surface area contributed by atoms with Crippen molar-refractivity contribution >= 4 is 137 Å². The van der Waals surface area contributed by atoms with Gasteiger partial charge in [-0.1, -0.05) is 0 Å². The van der Waals surface area contributed by atoms with Crippen LogP contribution in [0.4, 0.5) is 0 Å². The van der Waals surface area contributed by atoms with E-state index in [1.54, 1.807) is 0 Å². The zero-order valence-corrected chi connectivity index (χ0v) is 13.3. The normalized spacial score (nSPS) is 0. The predicted octanol–water partition coefficient (Wildman–Crippen LogP) is 0.852. The molecular formula is H12Cl7InSn. The zero-order valence-electron chi connectivity index (χ0n) is 3.56. The van der Waals surface area contributed by atoms with Crippen molar-refractivity contribution in [2.75, 3.05) is 0 Å². The van der Waals surface area contributed by atoms with E-state index in [-0.39, 0.29) is 137 Å². The molecule has 2 radical (unpaired) electrons. The molecule has 0 unspecified atom stereocenters. The Labute approximate surface area is 134 Å². The summed E-state index contributed by atoms with van der Waals surface area (Å²) in [6, 6.07) is 0. The zero-order chi connectivity index (χ0) is 0. The van der Waals surface area contributed by atoms with Gasteiger partial charge in [-0.25, -0.2) is 0 Å². The molecular weight excluding hydrogens is 482 g/mol. The quantitative estimate of drug-likeness (QED) is 0.439. The third-order valence-electron chi connectivity index (χ3n) is 0. The van der Waals surface area contributed by atoms with E-state index >= 15 is 0 Å². The first-order valence-corrected chi connectivity index (χ1v) is 0. The molecule has 0 aromatic carbocycles. The number of rotatable bonds is 0. The summed E-state index contributed by atoms with van der Waals surface area (Å²) < 4.78 is 0. The van der Waals surface area contributed by atoms with Crippen molar-refractivity contribution in [2.24, 2.45) is 0 Å². The van der Waals surface area contributed by atoms with Gasteiger partial charge in [0.1, 0.15) is 0 Å². The average Bonchev–Trinajstić information content (AvgIpc) is 0. The van der Waals surface area contributed by atoms with Crippen molar-refractivity contribution in [3.05, 3.63) is 0 Å². The van der Waals surface area contributed by atoms with E-state index in [2.05, 4.69) is 0 Å². The maximum absolute atomic E-state index is 0. The van der Waals surface area contributed by atoms with Gasteiger partial charge in [-0.05, 0) is 0 Å². The Bertz CT molecular complexity index is 8.88. The van der Waals surface area contributed by atoms with Gasteiger partial charge in [0.2, 0.25) is 0 Å². The Morgan fingerprint density at radius 2 is 0.333 bits per heavy atom. The van der Waals surface area contributed by atoms with Gasteiger partial charge in [-0.3, -0.25) is 0 Å². The van der Waals surface area contributed by atoms with E-state index in [1.165, 1.54) is 0 Å². The van der Waals surface area contributed by atoms with E-state index in [4.69, 9.17) is 0 Å². The molecule has 0 aromatic rings. The summed E-state index contributed by atoms with van der Waals surface area (Å²) in [4.78, 5) is 0. The first kappa shape index (κ1) is 127. The van der Waals surface area contributed by atoms with Crippen LogP contribution in [0.2, 0.25) is 0 Å². The molecule has 9 heteroatoms. The molecule has 0 aliphatic carbocycles. The Balaban J connectivity index is 0. The van der Waals surface area contributed by atoms with Gasteiger partial charge in [0.25, 0.3) is 0 Å². The van der Waals surface area contributed by atoms with Crippen LogP contribution in [-0.2, 0) is 0 Å². The number of hydrogen-bond acceptors (Lipinski definition) is 0. The van der Waals surface area contributed by atoms with E-state index in [9.17, 15) is 0 Å². The third-order valence-corrected chi connectivity index (χ3v) is 0. The molecule has 0 rings (SSSR count). The fraction of sp³-hybridized carbons (Fsp3) is 0. The Morgan fingerprint density at radius 3 is 0.333 bits per heavy atom. The van der Waals surface area contributed by atoms with E-state index in [0.29, 0.717) is 0 Å². The van der Waals surface area contributed by atoms with Crippen molar-refractivity contribution in [1.82, 2.24) is 0 Å². The van der Waals surface area contributed by atoms with Crippen molar-refractivity contribution in [1.29, 1.82) is 0 Å². The molecule has 68 valence electrons. The SMILES string of the molecule is Cl.Cl.Cl.Cl.Cl.Cl.Cl.[InH3].[SnH2]. The standard InChI is InChI=1S/7ClH.In.Sn.5H/h7*1H;;;;;;;. The van der Waals surface area contributed by atoms with E-state index in [0.717, 1.165) is 0 Å². The van der Waals surface area contributed by atoms with Crippen LogP contribution in [0.3, 0.4) is 0 Å². The molecule has 0 amide bonds. The van der Waals surface area contributed by atoms with Crippen molar-refractivity contribution < 1.29 is 0 Å². The second kappa shape index (κ2) is 97.9. The van der Waals surface area contributed by atoms with Gasteiger partial charge in [-0.15, -0.1) is 86.8 Å². The van der Waals surface area contributed by atoms with Crippen LogP contribution >= 0.6 is 86.8 Å². The van der Waals surface area contributed by atoms with E-state index < -0.39 is 0 Å². The molecule has 9 heavy (non-hydrogen) atoms. The summed E-state index contributed by atoms with van der Waals surface area (Å²) in [5.74, 6) is 0. The van der Waals surface area contributed by atoms with Crippen molar-refractivity contribution in [2.45, 2.75) is 0 Å². The second-order valence-corrected chi connectivity index (χ2v) is 0. The summed E-state index contributed by atoms with van der Waals surface area (Å²) in [7, 11) is 0. The molecule has 0 aromatic heterocycles. The molecule has 0 aliphatic heterocycles. The molecule has 0 N–H and O–H groups in total. The fourth-order valence-corrected chi connectivity index (χ4v) is 0. The van der Waals surface area contributed by atoms with Crippen LogP contribution in [0.15, 0.2) is 0 Å². The maximum atomic E-state index is 0. The van der Waals surface area contributed by atoms with Gasteiger partial charge in [0.15, 0.2) is 0 Å². The number of hydrogen-bond donors (Lipinski definition) is 0. The summed E-state index contributed by atoms with van der Waals surface area (Å²) in [6.45, 7) is 0.